The molecule has 3 aromatic rings. The molecule has 0 bridgehead atoms. The van der Waals surface area contributed by atoms with Crippen molar-refractivity contribution in [1.82, 2.24) is 4.90 Å². The molecule has 0 atom stereocenters. The summed E-state index contributed by atoms with van der Waals surface area (Å²) in [5.74, 6) is 1.39. The molecule has 28 heavy (non-hydrogen) atoms. The summed E-state index contributed by atoms with van der Waals surface area (Å²) in [5, 5.41) is 0. The van der Waals surface area contributed by atoms with Crippen LogP contribution in [0.15, 0.2) is 82.3 Å². The van der Waals surface area contributed by atoms with Crippen molar-refractivity contribution < 1.29 is 13.9 Å². The molecule has 6 heteroatoms. The summed E-state index contributed by atoms with van der Waals surface area (Å²) in [4.78, 5) is 14.8. The lowest BCUT2D eigenvalue weighted by Crippen LogP contribution is -2.27. The molecule has 0 radical (unpaired) electrons. The highest BCUT2D eigenvalue weighted by Gasteiger charge is 2.32. The molecule has 0 aliphatic carbocycles. The van der Waals surface area contributed by atoms with Crippen LogP contribution in [0.2, 0.25) is 0 Å². The largest absolute Gasteiger partial charge is 0.489 e. The lowest BCUT2D eigenvalue weighted by Gasteiger charge is -2.12. The number of benzene rings is 2. The number of hydrogen-bond acceptors (Lipinski definition) is 5. The predicted molar refractivity (Wildman–Crippen MR) is 115 cm³/mol. The fourth-order valence-electron chi connectivity index (χ4n) is 2.75. The molecule has 0 unspecified atom stereocenters. The minimum atomic E-state index is -0.101. The first-order valence-corrected chi connectivity index (χ1v) is 9.96. The third-order valence-electron chi connectivity index (χ3n) is 4.19. The predicted octanol–water partition coefficient (Wildman–Crippen LogP) is 5.26. The monoisotopic (exact) mass is 407 g/mol. The summed E-state index contributed by atoms with van der Waals surface area (Å²) in [6, 6.07) is 21.3. The summed E-state index contributed by atoms with van der Waals surface area (Å²) in [6.45, 7) is 0.868. The second-order valence-corrected chi connectivity index (χ2v) is 7.87. The average molecular weight is 408 g/mol. The van der Waals surface area contributed by atoms with Crippen molar-refractivity contribution in [2.24, 2.45) is 0 Å². The number of ether oxygens (including phenoxy) is 1. The minimum Gasteiger partial charge on any atom is -0.489 e. The SMILES string of the molecule is O=C1C(=Cc2ccc(OCc3ccccc3)cc2)SC(=S)N1Cc1ccco1. The number of carbonyl (C=O) groups excluding carboxylic acids is 1. The zero-order valence-corrected chi connectivity index (χ0v) is 16.5. The van der Waals surface area contributed by atoms with Crippen LogP contribution < -0.4 is 4.74 Å². The molecule has 2 aromatic carbocycles. The van der Waals surface area contributed by atoms with Gasteiger partial charge in [-0.1, -0.05) is 66.4 Å². The van der Waals surface area contributed by atoms with Crippen LogP contribution in [0.3, 0.4) is 0 Å². The molecule has 140 valence electrons. The Hall–Kier alpha value is -2.83. The molecule has 1 aliphatic rings. The van der Waals surface area contributed by atoms with Gasteiger partial charge in [0.2, 0.25) is 0 Å². The van der Waals surface area contributed by atoms with E-state index in [4.69, 9.17) is 21.4 Å². The number of furan rings is 1. The molecule has 0 saturated carbocycles. The Morgan fingerprint density at radius 1 is 1.04 bits per heavy atom. The highest BCUT2D eigenvalue weighted by molar-refractivity contribution is 8.26. The van der Waals surface area contributed by atoms with Gasteiger partial charge in [-0.05, 0) is 41.5 Å². The lowest BCUT2D eigenvalue weighted by molar-refractivity contribution is -0.122. The summed E-state index contributed by atoms with van der Waals surface area (Å²) in [6.07, 6.45) is 3.44. The summed E-state index contributed by atoms with van der Waals surface area (Å²) in [7, 11) is 0. The van der Waals surface area contributed by atoms with Gasteiger partial charge in [0, 0.05) is 0 Å². The van der Waals surface area contributed by atoms with Crippen LogP contribution in [0, 0.1) is 0 Å². The third-order valence-corrected chi connectivity index (χ3v) is 5.57. The highest BCUT2D eigenvalue weighted by atomic mass is 32.2. The highest BCUT2D eigenvalue weighted by Crippen LogP contribution is 2.33. The molecule has 2 heterocycles. The number of rotatable bonds is 6. The van der Waals surface area contributed by atoms with Crippen LogP contribution in [0.4, 0.5) is 0 Å². The number of thioether (sulfide) groups is 1. The number of carbonyl (C=O) groups is 1. The zero-order chi connectivity index (χ0) is 19.3. The van der Waals surface area contributed by atoms with Gasteiger partial charge in [0.25, 0.3) is 5.91 Å². The first-order chi connectivity index (χ1) is 13.7. The summed E-state index contributed by atoms with van der Waals surface area (Å²) < 4.78 is 11.7. The topological polar surface area (TPSA) is 42.7 Å². The number of nitrogens with zero attached hydrogens (tertiary/aromatic N) is 1. The van der Waals surface area contributed by atoms with Gasteiger partial charge in [-0.15, -0.1) is 0 Å². The van der Waals surface area contributed by atoms with Gasteiger partial charge in [0.1, 0.15) is 22.4 Å². The smallest absolute Gasteiger partial charge is 0.266 e. The summed E-state index contributed by atoms with van der Waals surface area (Å²) in [5.41, 5.74) is 2.04. The normalized spacial score (nSPS) is 15.4. The number of amides is 1. The molecule has 1 aliphatic heterocycles. The fraction of sp³-hybridized carbons (Fsp3) is 0.0909. The second-order valence-electron chi connectivity index (χ2n) is 6.19. The van der Waals surface area contributed by atoms with Crippen LogP contribution in [-0.2, 0) is 17.9 Å². The Kier molecular flexibility index (Phi) is 5.60. The maximum atomic E-state index is 12.7. The molecule has 1 saturated heterocycles. The molecule has 1 aromatic heterocycles. The van der Waals surface area contributed by atoms with Crippen LogP contribution >= 0.6 is 24.0 Å². The Balaban J connectivity index is 1.41. The molecule has 4 rings (SSSR count). The van der Waals surface area contributed by atoms with Gasteiger partial charge in [-0.3, -0.25) is 9.69 Å². The van der Waals surface area contributed by atoms with Gasteiger partial charge in [-0.25, -0.2) is 0 Å². The van der Waals surface area contributed by atoms with E-state index in [1.807, 2.05) is 66.7 Å². The Morgan fingerprint density at radius 2 is 1.82 bits per heavy atom. The molecule has 1 fully saturated rings. The third kappa shape index (κ3) is 4.35. The average Bonchev–Trinajstić information content (AvgIpc) is 3.33. The van der Waals surface area contributed by atoms with E-state index in [9.17, 15) is 4.79 Å². The van der Waals surface area contributed by atoms with Crippen LogP contribution in [-0.4, -0.2) is 15.1 Å². The van der Waals surface area contributed by atoms with E-state index in [-0.39, 0.29) is 5.91 Å². The van der Waals surface area contributed by atoms with Gasteiger partial charge in [0.15, 0.2) is 0 Å². The number of thiocarbonyl (C=S) groups is 1. The van der Waals surface area contributed by atoms with Crippen molar-refractivity contribution in [2.45, 2.75) is 13.2 Å². The van der Waals surface area contributed by atoms with Crippen molar-refractivity contribution in [3.05, 3.63) is 94.8 Å². The van der Waals surface area contributed by atoms with Crippen LogP contribution in [0.1, 0.15) is 16.9 Å². The van der Waals surface area contributed by atoms with E-state index in [1.54, 1.807) is 17.2 Å². The van der Waals surface area contributed by atoms with E-state index in [1.165, 1.54) is 11.8 Å². The second kappa shape index (κ2) is 8.46. The molecule has 0 N–H and O–H groups in total. The van der Waals surface area contributed by atoms with Crippen molar-refractivity contribution in [1.29, 1.82) is 0 Å². The van der Waals surface area contributed by atoms with Gasteiger partial charge < -0.3 is 9.15 Å². The van der Waals surface area contributed by atoms with E-state index in [2.05, 4.69) is 0 Å². The first-order valence-electron chi connectivity index (χ1n) is 8.73. The van der Waals surface area contributed by atoms with E-state index >= 15 is 0 Å². The van der Waals surface area contributed by atoms with E-state index in [0.29, 0.717) is 28.1 Å². The van der Waals surface area contributed by atoms with Gasteiger partial charge in [0.05, 0.1) is 17.7 Å². The van der Waals surface area contributed by atoms with Crippen LogP contribution in [0.5, 0.6) is 5.75 Å². The quantitative estimate of drug-likeness (QED) is 0.412. The standard InChI is InChI=1S/C22H17NO3S2/c24-21-20(28-22(27)23(21)14-19-7-4-12-25-19)13-16-8-10-18(11-9-16)26-15-17-5-2-1-3-6-17/h1-13H,14-15H2. The van der Waals surface area contributed by atoms with Crippen molar-refractivity contribution in [3.8, 4) is 5.75 Å². The van der Waals surface area contributed by atoms with Crippen molar-refractivity contribution in [3.63, 3.8) is 0 Å². The van der Waals surface area contributed by atoms with Crippen molar-refractivity contribution in [2.75, 3.05) is 0 Å². The maximum Gasteiger partial charge on any atom is 0.266 e. The summed E-state index contributed by atoms with van der Waals surface area (Å²) >= 11 is 6.66. The van der Waals surface area contributed by atoms with Crippen LogP contribution in [0.25, 0.3) is 6.08 Å². The zero-order valence-electron chi connectivity index (χ0n) is 14.9. The van der Waals surface area contributed by atoms with Crippen molar-refractivity contribution >= 4 is 40.3 Å². The molecular weight excluding hydrogens is 390 g/mol. The Bertz CT molecular complexity index is 996. The Morgan fingerprint density at radius 3 is 2.54 bits per heavy atom. The Labute approximate surface area is 172 Å². The van der Waals surface area contributed by atoms with E-state index < -0.39 is 0 Å². The number of hydrogen-bond donors (Lipinski definition) is 0. The van der Waals surface area contributed by atoms with Gasteiger partial charge in [-0.2, -0.15) is 0 Å². The molecule has 0 spiro atoms. The minimum absolute atomic E-state index is 0.101. The molecular formula is C22H17NO3S2. The molecule has 4 nitrogen and oxygen atoms in total. The maximum absolute atomic E-state index is 12.7. The van der Waals surface area contributed by atoms with Gasteiger partial charge >= 0.3 is 0 Å². The fourth-order valence-corrected chi connectivity index (χ4v) is 4.00. The van der Waals surface area contributed by atoms with E-state index in [0.717, 1.165) is 16.9 Å². The first kappa shape index (κ1) is 18.5. The lowest BCUT2D eigenvalue weighted by atomic mass is 10.2. The molecule has 1 amide bonds.